The van der Waals surface area contributed by atoms with Gasteiger partial charge in [0.25, 0.3) is 5.91 Å². The molecule has 0 unspecified atom stereocenters. The molecule has 144 valence electrons. The van der Waals surface area contributed by atoms with Crippen molar-refractivity contribution in [3.63, 3.8) is 0 Å². The van der Waals surface area contributed by atoms with Gasteiger partial charge in [-0.2, -0.15) is 5.10 Å². The van der Waals surface area contributed by atoms with Gasteiger partial charge in [-0.1, -0.05) is 48.5 Å². The molecule has 0 spiro atoms. The van der Waals surface area contributed by atoms with Crippen LogP contribution in [0.15, 0.2) is 54.6 Å². The molecule has 1 saturated heterocycles. The van der Waals surface area contributed by atoms with Crippen LogP contribution in [0.2, 0.25) is 0 Å². The van der Waals surface area contributed by atoms with E-state index in [1.807, 2.05) is 41.1 Å². The normalized spacial score (nSPS) is 18.9. The smallest absolute Gasteiger partial charge is 0.273 e. The van der Waals surface area contributed by atoms with Crippen molar-refractivity contribution in [2.45, 2.75) is 37.8 Å². The van der Waals surface area contributed by atoms with Gasteiger partial charge in [-0.05, 0) is 43.2 Å². The van der Waals surface area contributed by atoms with Crippen LogP contribution in [-0.4, -0.2) is 28.9 Å². The molecule has 2 aromatic carbocycles. The van der Waals surface area contributed by atoms with Crippen molar-refractivity contribution < 1.29 is 9.53 Å². The lowest BCUT2D eigenvalue weighted by Gasteiger charge is -2.22. The number of nitrogens with zero attached hydrogens (tertiary/aromatic N) is 2. The quantitative estimate of drug-likeness (QED) is 0.736. The lowest BCUT2D eigenvalue weighted by molar-refractivity contribution is 0.0604. The summed E-state index contributed by atoms with van der Waals surface area (Å²) in [6.45, 7) is 2.47. The van der Waals surface area contributed by atoms with E-state index in [9.17, 15) is 4.79 Å². The second-order valence-corrected chi connectivity index (χ2v) is 8.01. The maximum atomic E-state index is 13.2. The lowest BCUT2D eigenvalue weighted by atomic mass is 10.0. The molecule has 2 fully saturated rings. The van der Waals surface area contributed by atoms with Crippen molar-refractivity contribution in [3.8, 4) is 0 Å². The zero-order valence-electron chi connectivity index (χ0n) is 15.9. The van der Waals surface area contributed by atoms with Crippen LogP contribution < -0.4 is 5.32 Å². The second kappa shape index (κ2) is 7.06. The molecular formula is C23H25N3O2. The lowest BCUT2D eigenvalue weighted by Crippen LogP contribution is -2.35. The molecule has 5 nitrogen and oxygen atoms in total. The molecule has 5 heteroatoms. The van der Waals surface area contributed by atoms with E-state index in [1.165, 1.54) is 5.56 Å². The monoisotopic (exact) mass is 375 g/mol. The van der Waals surface area contributed by atoms with Crippen molar-refractivity contribution in [2.75, 3.05) is 13.2 Å². The number of nitrogens with one attached hydrogen (secondary N) is 1. The van der Waals surface area contributed by atoms with Crippen molar-refractivity contribution in [2.24, 2.45) is 5.92 Å². The summed E-state index contributed by atoms with van der Waals surface area (Å²) in [4.78, 5) is 13.2. The van der Waals surface area contributed by atoms with E-state index in [1.54, 1.807) is 0 Å². The molecule has 1 aliphatic heterocycles. The average molecular weight is 375 g/mol. The minimum Gasteiger partial charge on any atom is -0.381 e. The number of hydrogen-bond acceptors (Lipinski definition) is 3. The van der Waals surface area contributed by atoms with Crippen molar-refractivity contribution in [1.29, 1.82) is 0 Å². The Balaban J connectivity index is 1.43. The SMILES string of the molecule is O=C(NC1(c2ccccc2)CC1)c1nn(CC2CCOCC2)c2ccccc12. The zero-order chi connectivity index (χ0) is 19.0. The Kier molecular flexibility index (Phi) is 4.40. The molecule has 0 atom stereocenters. The van der Waals surface area contributed by atoms with Gasteiger partial charge in [-0.15, -0.1) is 0 Å². The van der Waals surface area contributed by atoms with Crippen LogP contribution >= 0.6 is 0 Å². The van der Waals surface area contributed by atoms with E-state index in [2.05, 4.69) is 23.5 Å². The third-order valence-electron chi connectivity index (χ3n) is 6.07. The molecule has 0 radical (unpaired) electrons. The minimum absolute atomic E-state index is 0.0803. The maximum absolute atomic E-state index is 13.2. The number of amides is 1. The summed E-state index contributed by atoms with van der Waals surface area (Å²) in [5, 5.41) is 8.95. The molecule has 2 aliphatic rings. The Labute approximate surface area is 164 Å². The summed E-state index contributed by atoms with van der Waals surface area (Å²) in [7, 11) is 0. The van der Waals surface area contributed by atoms with Gasteiger partial charge in [-0.25, -0.2) is 0 Å². The fourth-order valence-corrected chi connectivity index (χ4v) is 4.25. The summed E-state index contributed by atoms with van der Waals surface area (Å²) in [6.07, 6.45) is 4.05. The third kappa shape index (κ3) is 3.20. The van der Waals surface area contributed by atoms with Crippen LogP contribution in [0.5, 0.6) is 0 Å². The summed E-state index contributed by atoms with van der Waals surface area (Å²) < 4.78 is 7.49. The number of ether oxygens (including phenoxy) is 1. The Morgan fingerprint density at radius 3 is 2.54 bits per heavy atom. The van der Waals surface area contributed by atoms with Gasteiger partial charge < -0.3 is 10.1 Å². The molecule has 5 rings (SSSR count). The van der Waals surface area contributed by atoms with Crippen LogP contribution in [0.3, 0.4) is 0 Å². The summed E-state index contributed by atoms with van der Waals surface area (Å²) in [5.41, 5.74) is 2.51. The van der Waals surface area contributed by atoms with Crippen LogP contribution in [0, 0.1) is 5.92 Å². The van der Waals surface area contributed by atoms with Crippen LogP contribution in [0.4, 0.5) is 0 Å². The molecule has 28 heavy (non-hydrogen) atoms. The number of rotatable bonds is 5. The zero-order valence-corrected chi connectivity index (χ0v) is 15.9. The fraction of sp³-hybridized carbons (Fsp3) is 0.391. The highest BCUT2D eigenvalue weighted by molar-refractivity contribution is 6.05. The average Bonchev–Trinajstić information content (AvgIpc) is 3.44. The van der Waals surface area contributed by atoms with Gasteiger partial charge in [-0.3, -0.25) is 9.48 Å². The first-order valence-electron chi connectivity index (χ1n) is 10.2. The van der Waals surface area contributed by atoms with Crippen LogP contribution in [0.1, 0.15) is 41.7 Å². The van der Waals surface area contributed by atoms with Gasteiger partial charge >= 0.3 is 0 Å². The predicted molar refractivity (Wildman–Crippen MR) is 108 cm³/mol. The highest BCUT2D eigenvalue weighted by Crippen LogP contribution is 2.45. The highest BCUT2D eigenvalue weighted by atomic mass is 16.5. The molecule has 1 saturated carbocycles. The van der Waals surface area contributed by atoms with Crippen molar-refractivity contribution in [3.05, 3.63) is 65.9 Å². The Hall–Kier alpha value is -2.66. The number of fused-ring (bicyclic) bond motifs is 1. The van der Waals surface area contributed by atoms with E-state index in [4.69, 9.17) is 9.84 Å². The molecule has 2 heterocycles. The second-order valence-electron chi connectivity index (χ2n) is 8.01. The van der Waals surface area contributed by atoms with E-state index in [0.29, 0.717) is 11.6 Å². The standard InChI is InChI=1S/C23H25N3O2/c27-22(24-23(12-13-23)18-6-2-1-3-7-18)21-19-8-4-5-9-20(19)26(25-21)16-17-10-14-28-15-11-17/h1-9,17H,10-16H2,(H,24,27). The van der Waals surface area contributed by atoms with E-state index in [-0.39, 0.29) is 11.4 Å². The van der Waals surface area contributed by atoms with Crippen molar-refractivity contribution >= 4 is 16.8 Å². The number of carbonyl (C=O) groups is 1. The third-order valence-corrected chi connectivity index (χ3v) is 6.07. The number of aromatic nitrogens is 2. The molecule has 1 aromatic heterocycles. The molecule has 1 amide bonds. The van der Waals surface area contributed by atoms with Gasteiger partial charge in [0.15, 0.2) is 5.69 Å². The molecule has 3 aromatic rings. The van der Waals surface area contributed by atoms with Gasteiger partial charge in [0.1, 0.15) is 0 Å². The summed E-state index contributed by atoms with van der Waals surface area (Å²) in [6, 6.07) is 18.3. The van der Waals surface area contributed by atoms with Gasteiger partial charge in [0, 0.05) is 25.1 Å². The van der Waals surface area contributed by atoms with E-state index < -0.39 is 0 Å². The van der Waals surface area contributed by atoms with E-state index >= 15 is 0 Å². The van der Waals surface area contributed by atoms with Gasteiger partial charge in [0.05, 0.1) is 11.1 Å². The number of hydrogen-bond donors (Lipinski definition) is 1. The summed E-state index contributed by atoms with van der Waals surface area (Å²) >= 11 is 0. The van der Waals surface area contributed by atoms with Crippen molar-refractivity contribution in [1.82, 2.24) is 15.1 Å². The topological polar surface area (TPSA) is 56.2 Å². The number of para-hydroxylation sites is 1. The van der Waals surface area contributed by atoms with Crippen LogP contribution in [-0.2, 0) is 16.8 Å². The molecule has 1 aliphatic carbocycles. The molecule has 1 N–H and O–H groups in total. The summed E-state index contributed by atoms with van der Waals surface area (Å²) in [5.74, 6) is 0.468. The maximum Gasteiger partial charge on any atom is 0.273 e. The number of carbonyl (C=O) groups excluding carboxylic acids is 1. The Bertz CT molecular complexity index is 986. The largest absolute Gasteiger partial charge is 0.381 e. The first-order valence-corrected chi connectivity index (χ1v) is 10.2. The number of benzene rings is 2. The molecular weight excluding hydrogens is 350 g/mol. The highest BCUT2D eigenvalue weighted by Gasteiger charge is 2.46. The molecule has 0 bridgehead atoms. The van der Waals surface area contributed by atoms with Gasteiger partial charge in [0.2, 0.25) is 0 Å². The Morgan fingerprint density at radius 2 is 1.79 bits per heavy atom. The first-order chi connectivity index (χ1) is 13.8. The van der Waals surface area contributed by atoms with E-state index in [0.717, 1.165) is 56.3 Å². The predicted octanol–water partition coefficient (Wildman–Crippen LogP) is 3.88. The minimum atomic E-state index is -0.232. The first kappa shape index (κ1) is 17.4. The fourth-order valence-electron chi connectivity index (χ4n) is 4.25. The van der Waals surface area contributed by atoms with Crippen LogP contribution in [0.25, 0.3) is 10.9 Å². The Morgan fingerprint density at radius 1 is 1.07 bits per heavy atom.